The molecule has 0 rings (SSSR count). The van der Waals surface area contributed by atoms with Gasteiger partial charge in [0.15, 0.2) is 0 Å². The van der Waals surface area contributed by atoms with Crippen LogP contribution in [-0.2, 0) is 4.79 Å². The maximum Gasteiger partial charge on any atom is 0.143 e. The van der Waals surface area contributed by atoms with E-state index in [4.69, 9.17) is 0 Å². The summed E-state index contributed by atoms with van der Waals surface area (Å²) in [6, 6.07) is 0. The summed E-state index contributed by atoms with van der Waals surface area (Å²) in [5, 5.41) is 3.09. The molecule has 78 valence electrons. The van der Waals surface area contributed by atoms with E-state index in [0.29, 0.717) is 6.54 Å². The van der Waals surface area contributed by atoms with Crippen molar-refractivity contribution in [3.8, 4) is 0 Å². The van der Waals surface area contributed by atoms with Crippen LogP contribution in [0.25, 0.3) is 0 Å². The normalized spacial score (nSPS) is 10.8. The molecule has 0 spiro atoms. The third kappa shape index (κ3) is 7.94. The van der Waals surface area contributed by atoms with Crippen molar-refractivity contribution in [2.75, 3.05) is 33.2 Å². The lowest BCUT2D eigenvalue weighted by Gasteiger charge is -2.20. The van der Waals surface area contributed by atoms with Crippen molar-refractivity contribution in [3.05, 3.63) is 0 Å². The zero-order valence-electron chi connectivity index (χ0n) is 9.10. The molecule has 0 heterocycles. The van der Waals surface area contributed by atoms with Crippen LogP contribution < -0.4 is 5.32 Å². The van der Waals surface area contributed by atoms with E-state index in [2.05, 4.69) is 17.1 Å². The molecule has 0 aromatic carbocycles. The average molecular weight is 186 g/mol. The number of hydrogen-bond acceptors (Lipinski definition) is 3. The zero-order chi connectivity index (χ0) is 10.1. The number of hydrogen-bond donors (Lipinski definition) is 1. The van der Waals surface area contributed by atoms with Crippen LogP contribution in [0.2, 0.25) is 0 Å². The Morgan fingerprint density at radius 3 is 2.54 bits per heavy atom. The summed E-state index contributed by atoms with van der Waals surface area (Å²) in [7, 11) is 1.94. The van der Waals surface area contributed by atoms with Gasteiger partial charge in [-0.15, -0.1) is 0 Å². The second-order valence-electron chi connectivity index (χ2n) is 3.44. The summed E-state index contributed by atoms with van der Waals surface area (Å²) in [4.78, 5) is 13.1. The first-order chi connectivity index (χ1) is 6.20. The molecule has 0 fully saturated rings. The van der Waals surface area contributed by atoms with Crippen molar-refractivity contribution < 1.29 is 4.79 Å². The second-order valence-corrected chi connectivity index (χ2v) is 3.44. The number of unbranched alkanes of at least 4 members (excludes halogenated alkanes) is 1. The number of ketones is 1. The second kappa shape index (κ2) is 8.20. The fourth-order valence-corrected chi connectivity index (χ4v) is 1.24. The van der Waals surface area contributed by atoms with Gasteiger partial charge in [-0.1, -0.05) is 13.3 Å². The minimum Gasteiger partial charge on any atom is -0.318 e. The largest absolute Gasteiger partial charge is 0.318 e. The minimum absolute atomic E-state index is 0.257. The molecule has 0 aliphatic heterocycles. The van der Waals surface area contributed by atoms with Crippen molar-refractivity contribution in [1.82, 2.24) is 10.2 Å². The molecule has 0 atom stereocenters. The Kier molecular flexibility index (Phi) is 7.94. The Balaban J connectivity index is 3.66. The van der Waals surface area contributed by atoms with Crippen molar-refractivity contribution in [1.29, 1.82) is 0 Å². The van der Waals surface area contributed by atoms with E-state index in [0.717, 1.165) is 19.6 Å². The summed E-state index contributed by atoms with van der Waals surface area (Å²) in [5.74, 6) is 0.257. The molecule has 1 N–H and O–H groups in total. The molecule has 0 aliphatic rings. The molecule has 0 aliphatic carbocycles. The summed E-state index contributed by atoms with van der Waals surface area (Å²) >= 11 is 0. The Hall–Kier alpha value is -0.410. The Morgan fingerprint density at radius 2 is 2.08 bits per heavy atom. The van der Waals surface area contributed by atoms with Gasteiger partial charge < -0.3 is 5.32 Å². The van der Waals surface area contributed by atoms with Crippen LogP contribution in [0.15, 0.2) is 0 Å². The van der Waals surface area contributed by atoms with E-state index in [9.17, 15) is 4.79 Å². The fourth-order valence-electron chi connectivity index (χ4n) is 1.24. The van der Waals surface area contributed by atoms with Gasteiger partial charge in [-0.05, 0) is 26.9 Å². The van der Waals surface area contributed by atoms with Crippen LogP contribution in [0.1, 0.15) is 26.7 Å². The maximum absolute atomic E-state index is 10.9. The summed E-state index contributed by atoms with van der Waals surface area (Å²) in [6.07, 6.45) is 2.37. The van der Waals surface area contributed by atoms with Crippen LogP contribution in [0.4, 0.5) is 0 Å². The average Bonchev–Trinajstić information content (AvgIpc) is 2.09. The highest BCUT2D eigenvalue weighted by Crippen LogP contribution is 1.94. The van der Waals surface area contributed by atoms with Gasteiger partial charge in [0.2, 0.25) is 0 Å². The third-order valence-corrected chi connectivity index (χ3v) is 1.95. The number of carbonyl (C=O) groups is 1. The van der Waals surface area contributed by atoms with Crippen LogP contribution >= 0.6 is 0 Å². The topological polar surface area (TPSA) is 32.3 Å². The van der Waals surface area contributed by atoms with E-state index < -0.39 is 0 Å². The highest BCUT2D eigenvalue weighted by atomic mass is 16.1. The molecule has 13 heavy (non-hydrogen) atoms. The van der Waals surface area contributed by atoms with E-state index in [-0.39, 0.29) is 5.78 Å². The molecule has 3 heteroatoms. The molecule has 0 saturated carbocycles. The Labute approximate surface area is 81.5 Å². The quantitative estimate of drug-likeness (QED) is 0.611. The van der Waals surface area contributed by atoms with Crippen LogP contribution in [-0.4, -0.2) is 43.9 Å². The summed E-state index contributed by atoms with van der Waals surface area (Å²) in [6.45, 7) is 7.38. The monoisotopic (exact) mass is 186 g/mol. The number of nitrogens with one attached hydrogen (secondary N) is 1. The van der Waals surface area contributed by atoms with E-state index >= 15 is 0 Å². The van der Waals surface area contributed by atoms with Crippen LogP contribution in [0, 0.1) is 0 Å². The number of rotatable bonds is 8. The lowest BCUT2D eigenvalue weighted by molar-refractivity contribution is -0.118. The fraction of sp³-hybridized carbons (Fsp3) is 0.900. The van der Waals surface area contributed by atoms with Gasteiger partial charge in [-0.2, -0.15) is 0 Å². The highest BCUT2D eigenvalue weighted by Gasteiger charge is 2.05. The third-order valence-electron chi connectivity index (χ3n) is 1.95. The number of carbonyl (C=O) groups excluding carboxylic acids is 1. The summed E-state index contributed by atoms with van der Waals surface area (Å²) < 4.78 is 0. The number of likely N-dealkylation sites (N-methyl/N-ethyl adjacent to an activating group) is 1. The predicted molar refractivity (Wildman–Crippen MR) is 56.0 cm³/mol. The van der Waals surface area contributed by atoms with Gasteiger partial charge in [-0.3, -0.25) is 9.69 Å². The van der Waals surface area contributed by atoms with E-state index in [1.54, 1.807) is 6.92 Å². The van der Waals surface area contributed by atoms with Gasteiger partial charge in [0.05, 0.1) is 6.54 Å². The smallest absolute Gasteiger partial charge is 0.143 e. The van der Waals surface area contributed by atoms with Crippen molar-refractivity contribution >= 4 is 5.78 Å². The maximum atomic E-state index is 10.9. The van der Waals surface area contributed by atoms with Crippen molar-refractivity contribution in [2.45, 2.75) is 26.7 Å². The molecular weight excluding hydrogens is 164 g/mol. The van der Waals surface area contributed by atoms with E-state index in [1.807, 2.05) is 7.05 Å². The number of Topliss-reactive ketones (excluding diaryl/α,β-unsaturated/α-hetero) is 1. The molecule has 0 unspecified atom stereocenters. The molecule has 0 radical (unpaired) electrons. The Bertz CT molecular complexity index is 129. The molecule has 0 saturated heterocycles. The van der Waals surface area contributed by atoms with Crippen LogP contribution in [0.3, 0.4) is 0 Å². The lowest BCUT2D eigenvalue weighted by atomic mass is 10.3. The predicted octanol–water partition coefficient (Wildman–Crippen LogP) is 0.897. The standard InChI is InChI=1S/C10H22N2O/c1-4-5-7-12(8-6-11-3)9-10(2)13/h11H,4-9H2,1-3H3. The van der Waals surface area contributed by atoms with E-state index in [1.165, 1.54) is 12.8 Å². The van der Waals surface area contributed by atoms with Crippen molar-refractivity contribution in [2.24, 2.45) is 0 Å². The lowest BCUT2D eigenvalue weighted by Crippen LogP contribution is -2.35. The molecule has 3 nitrogen and oxygen atoms in total. The zero-order valence-corrected chi connectivity index (χ0v) is 9.10. The highest BCUT2D eigenvalue weighted by molar-refractivity contribution is 5.77. The van der Waals surface area contributed by atoms with Gasteiger partial charge in [0.1, 0.15) is 5.78 Å². The molecular formula is C10H22N2O. The van der Waals surface area contributed by atoms with Crippen molar-refractivity contribution in [3.63, 3.8) is 0 Å². The minimum atomic E-state index is 0.257. The van der Waals surface area contributed by atoms with Gasteiger partial charge in [-0.25, -0.2) is 0 Å². The molecule has 0 bridgehead atoms. The molecule has 0 aromatic heterocycles. The first kappa shape index (κ1) is 12.6. The summed E-state index contributed by atoms with van der Waals surface area (Å²) in [5.41, 5.74) is 0. The van der Waals surface area contributed by atoms with Gasteiger partial charge in [0, 0.05) is 13.1 Å². The molecule has 0 amide bonds. The SMILES string of the molecule is CCCCN(CCNC)CC(C)=O. The van der Waals surface area contributed by atoms with Gasteiger partial charge in [0.25, 0.3) is 0 Å². The first-order valence-corrected chi connectivity index (χ1v) is 5.07. The van der Waals surface area contributed by atoms with Gasteiger partial charge >= 0.3 is 0 Å². The molecule has 0 aromatic rings. The van der Waals surface area contributed by atoms with Crippen LogP contribution in [0.5, 0.6) is 0 Å². The first-order valence-electron chi connectivity index (χ1n) is 5.07. The Morgan fingerprint density at radius 1 is 1.38 bits per heavy atom. The number of nitrogens with zero attached hydrogens (tertiary/aromatic N) is 1.